The molecule has 0 aromatic carbocycles. The number of nitrogens with one attached hydrogen (secondary N) is 1. The predicted molar refractivity (Wildman–Crippen MR) is 63.7 cm³/mol. The number of carbonyl (C=O) groups excluding carboxylic acids is 1. The lowest BCUT2D eigenvalue weighted by molar-refractivity contribution is -0.137. The highest BCUT2D eigenvalue weighted by molar-refractivity contribution is 5.83. The van der Waals surface area contributed by atoms with E-state index in [-0.39, 0.29) is 5.41 Å². The second kappa shape index (κ2) is 5.53. The number of hydrogen-bond acceptors (Lipinski definition) is 1. The van der Waals surface area contributed by atoms with Crippen LogP contribution in [0, 0.1) is 11.3 Å². The summed E-state index contributed by atoms with van der Waals surface area (Å²) in [6, 6.07) is 0. The minimum absolute atomic E-state index is 0.0526. The summed E-state index contributed by atoms with van der Waals surface area (Å²) >= 11 is 0. The number of carbonyl (C=O) groups is 1. The Labute approximate surface area is 93.8 Å². The van der Waals surface area contributed by atoms with Gasteiger partial charge in [0.15, 0.2) is 0 Å². The Morgan fingerprint density at radius 3 is 2.60 bits per heavy atom. The average molecular weight is 211 g/mol. The van der Waals surface area contributed by atoms with Crippen LogP contribution in [0.3, 0.4) is 0 Å². The molecule has 1 rings (SSSR count). The van der Waals surface area contributed by atoms with Gasteiger partial charge in [0.2, 0.25) is 5.91 Å². The number of amides is 1. The van der Waals surface area contributed by atoms with Gasteiger partial charge in [-0.15, -0.1) is 0 Å². The van der Waals surface area contributed by atoms with E-state index in [1.54, 1.807) is 0 Å². The molecule has 1 aliphatic carbocycles. The summed E-state index contributed by atoms with van der Waals surface area (Å²) in [5.74, 6) is 0.904. The van der Waals surface area contributed by atoms with E-state index in [0.717, 1.165) is 25.8 Å². The first-order valence-corrected chi connectivity index (χ1v) is 6.49. The molecule has 1 amide bonds. The fourth-order valence-corrected chi connectivity index (χ4v) is 3.17. The van der Waals surface area contributed by atoms with E-state index >= 15 is 0 Å². The summed E-state index contributed by atoms with van der Waals surface area (Å²) in [6.45, 7) is 7.16. The largest absolute Gasteiger partial charge is 0.356 e. The Morgan fingerprint density at radius 2 is 2.07 bits per heavy atom. The second-order valence-corrected chi connectivity index (χ2v) is 4.72. The highest BCUT2D eigenvalue weighted by Gasteiger charge is 2.43. The fourth-order valence-electron chi connectivity index (χ4n) is 3.17. The summed E-state index contributed by atoms with van der Waals surface area (Å²) in [5.41, 5.74) is -0.0526. The van der Waals surface area contributed by atoms with Crippen molar-refractivity contribution in [1.29, 1.82) is 0 Å². The molecule has 0 heterocycles. The van der Waals surface area contributed by atoms with Crippen molar-refractivity contribution in [3.8, 4) is 0 Å². The maximum absolute atomic E-state index is 12.2. The maximum Gasteiger partial charge on any atom is 0.226 e. The standard InChI is InChI=1S/C13H25NO/c1-4-11-9-7-8-10-13(11,5-2)12(15)14-6-3/h11H,4-10H2,1-3H3,(H,14,15). The molecular formula is C13H25NO. The molecule has 2 unspecified atom stereocenters. The highest BCUT2D eigenvalue weighted by Crippen LogP contribution is 2.45. The van der Waals surface area contributed by atoms with Gasteiger partial charge in [0.1, 0.15) is 0 Å². The van der Waals surface area contributed by atoms with Gasteiger partial charge in [-0.1, -0.05) is 33.1 Å². The quantitative estimate of drug-likeness (QED) is 0.760. The van der Waals surface area contributed by atoms with Gasteiger partial charge in [-0.2, -0.15) is 0 Å². The zero-order valence-electron chi connectivity index (χ0n) is 10.4. The van der Waals surface area contributed by atoms with Gasteiger partial charge in [-0.05, 0) is 32.1 Å². The Morgan fingerprint density at radius 1 is 1.33 bits per heavy atom. The van der Waals surface area contributed by atoms with Crippen molar-refractivity contribution in [2.75, 3.05) is 6.54 Å². The van der Waals surface area contributed by atoms with Crippen LogP contribution >= 0.6 is 0 Å². The smallest absolute Gasteiger partial charge is 0.226 e. The highest BCUT2D eigenvalue weighted by atomic mass is 16.2. The van der Waals surface area contributed by atoms with Gasteiger partial charge in [-0.3, -0.25) is 4.79 Å². The monoisotopic (exact) mass is 211 g/mol. The van der Waals surface area contributed by atoms with Gasteiger partial charge in [0, 0.05) is 6.54 Å². The normalized spacial score (nSPS) is 31.3. The van der Waals surface area contributed by atoms with Gasteiger partial charge in [-0.25, -0.2) is 0 Å². The van der Waals surface area contributed by atoms with Crippen molar-refractivity contribution in [2.24, 2.45) is 11.3 Å². The van der Waals surface area contributed by atoms with Gasteiger partial charge >= 0.3 is 0 Å². The first-order chi connectivity index (χ1) is 7.21. The molecule has 1 N–H and O–H groups in total. The van der Waals surface area contributed by atoms with Crippen LogP contribution in [0.5, 0.6) is 0 Å². The Balaban J connectivity index is 2.82. The molecule has 0 aliphatic heterocycles. The molecule has 2 nitrogen and oxygen atoms in total. The van der Waals surface area contributed by atoms with Crippen molar-refractivity contribution in [3.05, 3.63) is 0 Å². The van der Waals surface area contributed by atoms with Crippen molar-refractivity contribution < 1.29 is 4.79 Å². The van der Waals surface area contributed by atoms with Crippen LogP contribution in [0.2, 0.25) is 0 Å². The van der Waals surface area contributed by atoms with Gasteiger partial charge in [0.05, 0.1) is 5.41 Å². The summed E-state index contributed by atoms with van der Waals surface area (Å²) in [7, 11) is 0. The lowest BCUT2D eigenvalue weighted by Gasteiger charge is -2.42. The van der Waals surface area contributed by atoms with E-state index in [1.807, 2.05) is 6.92 Å². The second-order valence-electron chi connectivity index (χ2n) is 4.72. The maximum atomic E-state index is 12.2. The minimum Gasteiger partial charge on any atom is -0.356 e. The Bertz CT molecular complexity index is 215. The molecule has 0 bridgehead atoms. The van der Waals surface area contributed by atoms with Gasteiger partial charge in [0.25, 0.3) is 0 Å². The molecule has 1 aliphatic rings. The van der Waals surface area contributed by atoms with E-state index in [4.69, 9.17) is 0 Å². The summed E-state index contributed by atoms with van der Waals surface area (Å²) < 4.78 is 0. The summed E-state index contributed by atoms with van der Waals surface area (Å²) in [4.78, 5) is 12.2. The lowest BCUT2D eigenvalue weighted by atomic mass is 9.63. The van der Waals surface area contributed by atoms with E-state index < -0.39 is 0 Å². The zero-order valence-corrected chi connectivity index (χ0v) is 10.4. The third-order valence-electron chi connectivity index (χ3n) is 4.12. The number of rotatable bonds is 4. The molecule has 15 heavy (non-hydrogen) atoms. The molecule has 1 saturated carbocycles. The zero-order chi connectivity index (χ0) is 11.3. The van der Waals surface area contributed by atoms with Crippen molar-refractivity contribution in [2.45, 2.75) is 59.3 Å². The van der Waals surface area contributed by atoms with Crippen LogP contribution in [0.1, 0.15) is 59.3 Å². The summed E-state index contributed by atoms with van der Waals surface area (Å²) in [5, 5.41) is 3.03. The van der Waals surface area contributed by atoms with Crippen LogP contribution in [0.15, 0.2) is 0 Å². The summed E-state index contributed by atoms with van der Waals surface area (Å²) in [6.07, 6.45) is 7.00. The number of hydrogen-bond donors (Lipinski definition) is 1. The van der Waals surface area contributed by atoms with E-state index in [9.17, 15) is 4.79 Å². The predicted octanol–water partition coefficient (Wildman–Crippen LogP) is 3.12. The Kier molecular flexibility index (Phi) is 4.62. The lowest BCUT2D eigenvalue weighted by Crippen LogP contribution is -2.47. The molecule has 0 spiro atoms. The van der Waals surface area contributed by atoms with Crippen LogP contribution < -0.4 is 5.32 Å². The van der Waals surface area contributed by atoms with Crippen LogP contribution in [0.25, 0.3) is 0 Å². The molecule has 2 heteroatoms. The topological polar surface area (TPSA) is 29.1 Å². The van der Waals surface area contributed by atoms with Crippen LogP contribution in [0.4, 0.5) is 0 Å². The van der Waals surface area contributed by atoms with Crippen LogP contribution in [-0.4, -0.2) is 12.5 Å². The van der Waals surface area contributed by atoms with E-state index in [1.165, 1.54) is 19.3 Å². The first-order valence-electron chi connectivity index (χ1n) is 6.49. The molecule has 0 radical (unpaired) electrons. The molecule has 1 fully saturated rings. The van der Waals surface area contributed by atoms with Crippen molar-refractivity contribution >= 4 is 5.91 Å². The molecule has 88 valence electrons. The van der Waals surface area contributed by atoms with E-state index in [0.29, 0.717) is 11.8 Å². The van der Waals surface area contributed by atoms with E-state index in [2.05, 4.69) is 19.2 Å². The molecule has 0 saturated heterocycles. The fraction of sp³-hybridized carbons (Fsp3) is 0.923. The van der Waals surface area contributed by atoms with Crippen molar-refractivity contribution in [1.82, 2.24) is 5.32 Å². The minimum atomic E-state index is -0.0526. The van der Waals surface area contributed by atoms with Crippen molar-refractivity contribution in [3.63, 3.8) is 0 Å². The van der Waals surface area contributed by atoms with Gasteiger partial charge < -0.3 is 5.32 Å². The molecule has 2 atom stereocenters. The average Bonchev–Trinajstić information content (AvgIpc) is 2.29. The molecular weight excluding hydrogens is 186 g/mol. The first kappa shape index (κ1) is 12.5. The SMILES string of the molecule is CCNC(=O)C1(CC)CCCCC1CC. The third-order valence-corrected chi connectivity index (χ3v) is 4.12. The van der Waals surface area contributed by atoms with Crippen LogP contribution in [-0.2, 0) is 4.79 Å². The third kappa shape index (κ3) is 2.35. The molecule has 0 aromatic rings. The molecule has 0 aromatic heterocycles. The Hall–Kier alpha value is -0.530.